The Morgan fingerprint density at radius 3 is 2.14 bits per heavy atom. The Labute approximate surface area is 132 Å². The molecule has 0 fully saturated rings. The van der Waals surface area contributed by atoms with Crippen molar-refractivity contribution < 1.29 is 14.3 Å². The van der Waals surface area contributed by atoms with E-state index in [0.29, 0.717) is 5.92 Å². The van der Waals surface area contributed by atoms with E-state index in [1.54, 1.807) is 6.08 Å². The van der Waals surface area contributed by atoms with E-state index in [2.05, 4.69) is 19.2 Å². The molecule has 0 heterocycles. The fraction of sp³-hybridized carbons (Fsp3) is 0.444. The van der Waals surface area contributed by atoms with Crippen LogP contribution in [0, 0.1) is 5.92 Å². The zero-order chi connectivity index (χ0) is 16.7. The molecule has 0 bridgehead atoms. The van der Waals surface area contributed by atoms with Crippen LogP contribution in [0.15, 0.2) is 30.3 Å². The molecule has 1 amide bonds. The zero-order valence-electron chi connectivity index (χ0n) is 13.9. The fourth-order valence-electron chi connectivity index (χ4n) is 1.99. The Hall–Kier alpha value is -2.10. The number of nitrogens with one attached hydrogen (secondary N) is 1. The second-order valence-electron chi connectivity index (χ2n) is 5.91. The van der Waals surface area contributed by atoms with Gasteiger partial charge in [0.15, 0.2) is 0 Å². The molecule has 1 atom stereocenters. The standard InChI is InChI=1S/C18H25NO3/c1-12(2)15-9-6-14(7-10-15)8-11-16(20)19-17(13(3)4)18(21)22-5/h6-13,17H,1-5H3,(H,19,20)/b11-8+. The number of carbonyl (C=O) groups excluding carboxylic acids is 2. The van der Waals surface area contributed by atoms with Crippen LogP contribution in [0.2, 0.25) is 0 Å². The number of rotatable bonds is 6. The summed E-state index contributed by atoms with van der Waals surface area (Å²) in [4.78, 5) is 23.5. The summed E-state index contributed by atoms with van der Waals surface area (Å²) >= 11 is 0. The van der Waals surface area contributed by atoms with Crippen molar-refractivity contribution in [3.05, 3.63) is 41.5 Å². The third-order valence-electron chi connectivity index (χ3n) is 3.45. The number of amides is 1. The lowest BCUT2D eigenvalue weighted by molar-refractivity contribution is -0.145. The van der Waals surface area contributed by atoms with Crippen LogP contribution in [0.5, 0.6) is 0 Å². The molecule has 1 aromatic rings. The van der Waals surface area contributed by atoms with Gasteiger partial charge in [-0.1, -0.05) is 52.0 Å². The van der Waals surface area contributed by atoms with Gasteiger partial charge in [0.1, 0.15) is 6.04 Å². The van der Waals surface area contributed by atoms with Crippen molar-refractivity contribution in [2.24, 2.45) is 5.92 Å². The number of ether oxygens (including phenoxy) is 1. The predicted molar refractivity (Wildman–Crippen MR) is 88.3 cm³/mol. The second-order valence-corrected chi connectivity index (χ2v) is 5.91. The first kappa shape index (κ1) is 18.0. The number of esters is 1. The van der Waals surface area contributed by atoms with Crippen molar-refractivity contribution in [2.75, 3.05) is 7.11 Å². The van der Waals surface area contributed by atoms with Gasteiger partial charge in [-0.05, 0) is 29.0 Å². The Bertz CT molecular complexity index is 530. The topological polar surface area (TPSA) is 55.4 Å². The van der Waals surface area contributed by atoms with Crippen molar-refractivity contribution in [1.82, 2.24) is 5.32 Å². The summed E-state index contributed by atoms with van der Waals surface area (Å²) in [5.74, 6) is -0.293. The van der Waals surface area contributed by atoms with Crippen LogP contribution in [0.4, 0.5) is 0 Å². The van der Waals surface area contributed by atoms with Gasteiger partial charge in [0.05, 0.1) is 7.11 Å². The van der Waals surface area contributed by atoms with Gasteiger partial charge in [-0.15, -0.1) is 0 Å². The number of hydrogen-bond acceptors (Lipinski definition) is 3. The van der Waals surface area contributed by atoms with E-state index in [9.17, 15) is 9.59 Å². The highest BCUT2D eigenvalue weighted by atomic mass is 16.5. The van der Waals surface area contributed by atoms with E-state index >= 15 is 0 Å². The summed E-state index contributed by atoms with van der Waals surface area (Å²) in [6, 6.07) is 7.41. The lowest BCUT2D eigenvalue weighted by Gasteiger charge is -2.18. The zero-order valence-corrected chi connectivity index (χ0v) is 13.9. The Kier molecular flexibility index (Phi) is 6.83. The maximum atomic E-state index is 11.9. The minimum atomic E-state index is -0.634. The van der Waals surface area contributed by atoms with E-state index in [1.165, 1.54) is 18.7 Å². The van der Waals surface area contributed by atoms with Gasteiger partial charge in [-0.3, -0.25) is 4.79 Å². The molecule has 22 heavy (non-hydrogen) atoms. The van der Waals surface area contributed by atoms with Gasteiger partial charge in [0, 0.05) is 6.08 Å². The van der Waals surface area contributed by atoms with E-state index in [1.807, 2.05) is 38.1 Å². The minimum Gasteiger partial charge on any atom is -0.467 e. The molecule has 1 N–H and O–H groups in total. The molecule has 1 rings (SSSR count). The van der Waals surface area contributed by atoms with Crippen molar-refractivity contribution in [3.8, 4) is 0 Å². The van der Waals surface area contributed by atoms with E-state index < -0.39 is 12.0 Å². The normalized spacial score (nSPS) is 12.7. The van der Waals surface area contributed by atoms with Gasteiger partial charge < -0.3 is 10.1 Å². The van der Waals surface area contributed by atoms with Gasteiger partial charge in [-0.25, -0.2) is 4.79 Å². The Morgan fingerprint density at radius 1 is 1.09 bits per heavy atom. The smallest absolute Gasteiger partial charge is 0.328 e. The lowest BCUT2D eigenvalue weighted by atomic mass is 10.0. The predicted octanol–water partition coefficient (Wildman–Crippen LogP) is 3.14. The maximum absolute atomic E-state index is 11.9. The first-order chi connectivity index (χ1) is 10.3. The maximum Gasteiger partial charge on any atom is 0.328 e. The van der Waals surface area contributed by atoms with Crippen LogP contribution in [0.25, 0.3) is 6.08 Å². The highest BCUT2D eigenvalue weighted by molar-refractivity contribution is 5.94. The molecule has 0 aliphatic heterocycles. The summed E-state index contributed by atoms with van der Waals surface area (Å²) in [6.45, 7) is 7.99. The monoisotopic (exact) mass is 303 g/mol. The SMILES string of the molecule is COC(=O)C(NC(=O)/C=C/c1ccc(C(C)C)cc1)C(C)C. The highest BCUT2D eigenvalue weighted by Gasteiger charge is 2.23. The molecule has 0 saturated heterocycles. The first-order valence-corrected chi connectivity index (χ1v) is 7.51. The van der Waals surface area contributed by atoms with E-state index in [4.69, 9.17) is 4.74 Å². The summed E-state index contributed by atoms with van der Waals surface area (Å²) in [7, 11) is 1.32. The summed E-state index contributed by atoms with van der Waals surface area (Å²) in [6.07, 6.45) is 3.16. The van der Waals surface area contributed by atoms with Gasteiger partial charge >= 0.3 is 5.97 Å². The Balaban J connectivity index is 2.68. The summed E-state index contributed by atoms with van der Waals surface area (Å²) in [5.41, 5.74) is 2.20. The molecule has 1 unspecified atom stereocenters. The second kappa shape index (κ2) is 8.37. The van der Waals surface area contributed by atoms with Crippen LogP contribution < -0.4 is 5.32 Å². The molecule has 0 saturated carbocycles. The van der Waals surface area contributed by atoms with Crippen LogP contribution in [0.3, 0.4) is 0 Å². The van der Waals surface area contributed by atoms with Gasteiger partial charge in [0.25, 0.3) is 0 Å². The number of hydrogen-bond donors (Lipinski definition) is 1. The molecule has 0 radical (unpaired) electrons. The van der Waals surface area contributed by atoms with Crippen molar-refractivity contribution in [1.29, 1.82) is 0 Å². The third kappa shape index (κ3) is 5.35. The average molecular weight is 303 g/mol. The first-order valence-electron chi connectivity index (χ1n) is 7.51. The molecule has 4 heteroatoms. The van der Waals surface area contributed by atoms with Gasteiger partial charge in [0.2, 0.25) is 5.91 Å². The molecule has 0 aromatic heterocycles. The minimum absolute atomic E-state index is 0.0323. The number of methoxy groups -OCH3 is 1. The Morgan fingerprint density at radius 2 is 1.68 bits per heavy atom. The quantitative estimate of drug-likeness (QED) is 0.649. The molecule has 0 spiro atoms. The highest BCUT2D eigenvalue weighted by Crippen LogP contribution is 2.15. The number of benzene rings is 1. The van der Waals surface area contributed by atoms with Crippen LogP contribution >= 0.6 is 0 Å². The van der Waals surface area contributed by atoms with E-state index in [0.717, 1.165) is 5.56 Å². The van der Waals surface area contributed by atoms with Crippen LogP contribution in [-0.4, -0.2) is 25.0 Å². The largest absolute Gasteiger partial charge is 0.467 e. The molecular weight excluding hydrogens is 278 g/mol. The summed E-state index contributed by atoms with van der Waals surface area (Å²) < 4.78 is 4.70. The van der Waals surface area contributed by atoms with Gasteiger partial charge in [-0.2, -0.15) is 0 Å². The van der Waals surface area contributed by atoms with E-state index in [-0.39, 0.29) is 11.8 Å². The molecule has 4 nitrogen and oxygen atoms in total. The molecule has 0 aliphatic carbocycles. The van der Waals surface area contributed by atoms with Crippen molar-refractivity contribution >= 4 is 18.0 Å². The fourth-order valence-corrected chi connectivity index (χ4v) is 1.99. The molecule has 0 aliphatic rings. The molecular formula is C18H25NO3. The van der Waals surface area contributed by atoms with Crippen LogP contribution in [0.1, 0.15) is 44.7 Å². The van der Waals surface area contributed by atoms with Crippen LogP contribution in [-0.2, 0) is 14.3 Å². The molecule has 120 valence electrons. The van der Waals surface area contributed by atoms with Crippen molar-refractivity contribution in [3.63, 3.8) is 0 Å². The third-order valence-corrected chi connectivity index (χ3v) is 3.45. The number of carbonyl (C=O) groups is 2. The van der Waals surface area contributed by atoms with Crippen molar-refractivity contribution in [2.45, 2.75) is 39.7 Å². The summed E-state index contributed by atoms with van der Waals surface area (Å²) in [5, 5.41) is 2.67. The lowest BCUT2D eigenvalue weighted by Crippen LogP contribution is -2.44. The average Bonchev–Trinajstić information content (AvgIpc) is 2.49. The molecule has 1 aromatic carbocycles.